The molecule has 0 radical (unpaired) electrons. The summed E-state index contributed by atoms with van der Waals surface area (Å²) in [6, 6.07) is -3.49. The predicted molar refractivity (Wildman–Crippen MR) is 79.2 cm³/mol. The van der Waals surface area contributed by atoms with Crippen molar-refractivity contribution in [3.05, 3.63) is 0 Å². The number of amides is 2. The van der Waals surface area contributed by atoms with Gasteiger partial charge in [-0.25, -0.2) is 14.4 Å². The van der Waals surface area contributed by atoms with E-state index < -0.39 is 42.4 Å². The van der Waals surface area contributed by atoms with Gasteiger partial charge in [-0.05, 0) is 39.3 Å². The van der Waals surface area contributed by atoms with Crippen LogP contribution in [0.5, 0.6) is 0 Å². The average molecular weight is 333 g/mol. The molecule has 6 N–H and O–H groups in total. The van der Waals surface area contributed by atoms with Gasteiger partial charge in [0.1, 0.15) is 12.1 Å². The molecule has 0 saturated carbocycles. The molecule has 2 amide bonds. The Morgan fingerprint density at radius 3 is 1.83 bits per heavy atom. The lowest BCUT2D eigenvalue weighted by atomic mass is 10.1. The van der Waals surface area contributed by atoms with Crippen LogP contribution in [0.2, 0.25) is 0 Å². The molecule has 0 heterocycles. The van der Waals surface area contributed by atoms with Crippen molar-refractivity contribution in [2.45, 2.75) is 44.2 Å². The van der Waals surface area contributed by atoms with E-state index in [0.717, 1.165) is 13.0 Å². The molecule has 10 heteroatoms. The summed E-state index contributed by atoms with van der Waals surface area (Å²) in [5, 5.41) is 33.7. The molecule has 2 unspecified atom stereocenters. The fourth-order valence-electron chi connectivity index (χ4n) is 1.79. The fraction of sp³-hybridized carbons (Fsp3) is 0.692. The summed E-state index contributed by atoms with van der Waals surface area (Å²) in [4.78, 5) is 44.2. The second-order valence-corrected chi connectivity index (χ2v) is 4.93. The Balaban J connectivity index is 4.44. The van der Waals surface area contributed by atoms with Gasteiger partial charge in [0, 0.05) is 6.42 Å². The van der Waals surface area contributed by atoms with E-state index in [4.69, 9.17) is 15.3 Å². The third-order valence-electron chi connectivity index (χ3n) is 3.02. The Hall–Kier alpha value is -2.36. The molecule has 0 bridgehead atoms. The van der Waals surface area contributed by atoms with E-state index in [1.807, 2.05) is 0 Å². The molecular formula is C13H23N3O7. The Bertz CT molecular complexity index is 428. The number of aliphatic carboxylic acids is 3. The van der Waals surface area contributed by atoms with E-state index in [0.29, 0.717) is 6.42 Å². The zero-order chi connectivity index (χ0) is 17.8. The summed E-state index contributed by atoms with van der Waals surface area (Å²) in [5.74, 6) is -3.80. The molecule has 2 atom stereocenters. The van der Waals surface area contributed by atoms with Crippen LogP contribution in [-0.2, 0) is 14.4 Å². The van der Waals surface area contributed by atoms with Gasteiger partial charge in [0.25, 0.3) is 0 Å². The van der Waals surface area contributed by atoms with Gasteiger partial charge in [-0.2, -0.15) is 0 Å². The quantitative estimate of drug-likeness (QED) is 0.259. The van der Waals surface area contributed by atoms with Gasteiger partial charge < -0.3 is 31.3 Å². The molecule has 10 nitrogen and oxygen atoms in total. The first kappa shape index (κ1) is 20.6. The van der Waals surface area contributed by atoms with Gasteiger partial charge in [0.2, 0.25) is 0 Å². The third kappa shape index (κ3) is 10.1. The van der Waals surface area contributed by atoms with Crippen molar-refractivity contribution in [2.75, 3.05) is 13.6 Å². The first-order chi connectivity index (χ1) is 10.8. The Morgan fingerprint density at radius 2 is 1.39 bits per heavy atom. The molecule has 23 heavy (non-hydrogen) atoms. The predicted octanol–water partition coefficient (Wildman–Crippen LogP) is -0.553. The number of urea groups is 1. The fourth-order valence-corrected chi connectivity index (χ4v) is 1.79. The van der Waals surface area contributed by atoms with E-state index in [-0.39, 0.29) is 12.8 Å². The number of carboxylic acids is 3. The van der Waals surface area contributed by atoms with Gasteiger partial charge >= 0.3 is 23.9 Å². The van der Waals surface area contributed by atoms with Crippen molar-refractivity contribution >= 4 is 23.9 Å². The zero-order valence-electron chi connectivity index (χ0n) is 12.9. The van der Waals surface area contributed by atoms with Crippen LogP contribution in [0.1, 0.15) is 32.1 Å². The van der Waals surface area contributed by atoms with Crippen LogP contribution in [0.25, 0.3) is 0 Å². The van der Waals surface area contributed by atoms with Crippen LogP contribution in [0.3, 0.4) is 0 Å². The smallest absolute Gasteiger partial charge is 0.326 e. The maximum atomic E-state index is 11.7. The largest absolute Gasteiger partial charge is 0.481 e. The minimum atomic E-state index is -1.40. The van der Waals surface area contributed by atoms with Crippen LogP contribution >= 0.6 is 0 Å². The summed E-state index contributed by atoms with van der Waals surface area (Å²) >= 11 is 0. The minimum absolute atomic E-state index is 0.206. The second kappa shape index (κ2) is 11.2. The third-order valence-corrected chi connectivity index (χ3v) is 3.02. The van der Waals surface area contributed by atoms with Crippen molar-refractivity contribution in [3.8, 4) is 0 Å². The van der Waals surface area contributed by atoms with Crippen molar-refractivity contribution < 1.29 is 34.5 Å². The first-order valence-corrected chi connectivity index (χ1v) is 7.17. The van der Waals surface area contributed by atoms with E-state index in [9.17, 15) is 19.2 Å². The van der Waals surface area contributed by atoms with Crippen LogP contribution in [0.15, 0.2) is 0 Å². The van der Waals surface area contributed by atoms with Gasteiger partial charge in [-0.3, -0.25) is 4.79 Å². The molecule has 0 fully saturated rings. The van der Waals surface area contributed by atoms with Crippen LogP contribution < -0.4 is 16.0 Å². The number of hydrogen-bond acceptors (Lipinski definition) is 5. The maximum absolute atomic E-state index is 11.7. The summed E-state index contributed by atoms with van der Waals surface area (Å²) in [6.07, 6.45) is 0.790. The summed E-state index contributed by atoms with van der Waals surface area (Å²) in [6.45, 7) is 0.717. The molecule has 0 rings (SSSR count). The second-order valence-electron chi connectivity index (χ2n) is 4.93. The number of carboxylic acid groups (broad SMARTS) is 3. The molecule has 0 aliphatic carbocycles. The summed E-state index contributed by atoms with van der Waals surface area (Å²) in [7, 11) is 1.77. The van der Waals surface area contributed by atoms with E-state index in [1.165, 1.54) is 0 Å². The van der Waals surface area contributed by atoms with Crippen molar-refractivity contribution in [1.82, 2.24) is 16.0 Å². The monoisotopic (exact) mass is 333 g/mol. The number of carbonyl (C=O) groups excluding carboxylic acids is 1. The minimum Gasteiger partial charge on any atom is -0.481 e. The Morgan fingerprint density at radius 1 is 0.870 bits per heavy atom. The van der Waals surface area contributed by atoms with Crippen LogP contribution in [-0.4, -0.2) is 64.9 Å². The van der Waals surface area contributed by atoms with Crippen LogP contribution in [0.4, 0.5) is 4.79 Å². The van der Waals surface area contributed by atoms with Gasteiger partial charge in [-0.15, -0.1) is 0 Å². The van der Waals surface area contributed by atoms with Crippen molar-refractivity contribution in [1.29, 1.82) is 0 Å². The number of rotatable bonds is 12. The number of hydrogen-bond donors (Lipinski definition) is 6. The lowest BCUT2D eigenvalue weighted by molar-refractivity contribution is -0.140. The van der Waals surface area contributed by atoms with Gasteiger partial charge in [0.05, 0.1) is 0 Å². The SMILES string of the molecule is CNCCCCC(NC(=O)NC(CCC(=O)O)C(=O)O)C(=O)O. The Kier molecular flexibility index (Phi) is 10.1. The zero-order valence-corrected chi connectivity index (χ0v) is 12.9. The van der Waals surface area contributed by atoms with Crippen molar-refractivity contribution in [2.24, 2.45) is 0 Å². The summed E-state index contributed by atoms with van der Waals surface area (Å²) < 4.78 is 0. The normalized spacial score (nSPS) is 12.9. The van der Waals surface area contributed by atoms with Crippen LogP contribution in [0, 0.1) is 0 Å². The van der Waals surface area contributed by atoms with E-state index >= 15 is 0 Å². The number of carbonyl (C=O) groups is 4. The molecule has 0 saturated heterocycles. The highest BCUT2D eigenvalue weighted by Gasteiger charge is 2.24. The Labute approximate surface area is 133 Å². The van der Waals surface area contributed by atoms with E-state index in [1.54, 1.807) is 7.05 Å². The number of unbranched alkanes of at least 4 members (excludes halogenated alkanes) is 1. The molecule has 0 aromatic carbocycles. The van der Waals surface area contributed by atoms with Gasteiger partial charge in [-0.1, -0.05) is 0 Å². The molecule has 132 valence electrons. The molecular weight excluding hydrogens is 310 g/mol. The molecule has 0 aliphatic rings. The lowest BCUT2D eigenvalue weighted by Crippen LogP contribution is -2.51. The molecule has 0 aromatic rings. The summed E-state index contributed by atoms with van der Waals surface area (Å²) in [5.41, 5.74) is 0. The number of nitrogens with one attached hydrogen (secondary N) is 3. The maximum Gasteiger partial charge on any atom is 0.326 e. The highest BCUT2D eigenvalue weighted by Crippen LogP contribution is 2.02. The first-order valence-electron chi connectivity index (χ1n) is 7.17. The van der Waals surface area contributed by atoms with Crippen molar-refractivity contribution in [3.63, 3.8) is 0 Å². The van der Waals surface area contributed by atoms with Gasteiger partial charge in [0.15, 0.2) is 0 Å². The lowest BCUT2D eigenvalue weighted by Gasteiger charge is -2.18. The highest BCUT2D eigenvalue weighted by atomic mass is 16.4. The molecule has 0 aromatic heterocycles. The highest BCUT2D eigenvalue weighted by molar-refractivity contribution is 5.86. The standard InChI is InChI=1S/C13H23N3O7/c1-14-7-3-2-4-8(11(19)20)15-13(23)16-9(12(21)22)5-6-10(17)18/h8-9,14H,2-7H2,1H3,(H,17,18)(H,19,20)(H,21,22)(H2,15,16,23). The van der Waals surface area contributed by atoms with E-state index in [2.05, 4.69) is 16.0 Å². The molecule has 0 spiro atoms. The average Bonchev–Trinajstić information content (AvgIpc) is 2.45. The molecule has 0 aliphatic heterocycles. The topological polar surface area (TPSA) is 165 Å².